The summed E-state index contributed by atoms with van der Waals surface area (Å²) in [5.74, 6) is -1.14. The Kier molecular flexibility index (Phi) is 3.46. The molecule has 0 saturated heterocycles. The molecule has 0 radical (unpaired) electrons. The van der Waals surface area contributed by atoms with E-state index in [1.165, 1.54) is 18.2 Å². The van der Waals surface area contributed by atoms with E-state index in [1.54, 1.807) is 6.92 Å². The minimum absolute atomic E-state index is 0.0286. The molecule has 1 fully saturated rings. The number of carbonyl (C=O) groups is 1. The van der Waals surface area contributed by atoms with Crippen molar-refractivity contribution in [3.8, 4) is 0 Å². The van der Waals surface area contributed by atoms with E-state index in [-0.39, 0.29) is 27.3 Å². The van der Waals surface area contributed by atoms with Crippen LogP contribution in [0.5, 0.6) is 0 Å². The normalized spacial score (nSPS) is 20.2. The predicted molar refractivity (Wildman–Crippen MR) is 79.8 cm³/mol. The standard InChI is InChI=1S/C15H21NO4S/c1-9-6-7-10(12(17)18)8-11(9)21(19,20)16-13-14(2,3)15(13,4)5/h6-8,13,16H,1-5H3,(H,17,18). The van der Waals surface area contributed by atoms with Crippen LogP contribution in [0.4, 0.5) is 0 Å². The Bertz CT molecular complexity index is 690. The van der Waals surface area contributed by atoms with E-state index in [2.05, 4.69) is 4.72 Å². The number of aromatic carboxylic acids is 1. The van der Waals surface area contributed by atoms with Crippen LogP contribution >= 0.6 is 0 Å². The lowest BCUT2D eigenvalue weighted by Gasteiger charge is -2.11. The van der Waals surface area contributed by atoms with Crippen LogP contribution in [0.25, 0.3) is 0 Å². The quantitative estimate of drug-likeness (QED) is 0.894. The second-order valence-corrected chi connectivity index (χ2v) is 8.47. The molecule has 1 aliphatic rings. The Labute approximate surface area is 125 Å². The first-order valence-corrected chi connectivity index (χ1v) is 8.26. The molecule has 0 unspecified atom stereocenters. The number of sulfonamides is 1. The summed E-state index contributed by atoms with van der Waals surface area (Å²) in [6.45, 7) is 9.71. The van der Waals surface area contributed by atoms with Crippen molar-refractivity contribution in [2.75, 3.05) is 0 Å². The molecule has 0 amide bonds. The monoisotopic (exact) mass is 311 g/mol. The number of rotatable bonds is 4. The fourth-order valence-electron chi connectivity index (χ4n) is 2.73. The van der Waals surface area contributed by atoms with Gasteiger partial charge in [-0.25, -0.2) is 17.9 Å². The molecule has 5 nitrogen and oxygen atoms in total. The highest BCUT2D eigenvalue weighted by Crippen LogP contribution is 2.62. The molecule has 0 heterocycles. The molecule has 1 saturated carbocycles. The van der Waals surface area contributed by atoms with Crippen molar-refractivity contribution in [3.05, 3.63) is 29.3 Å². The van der Waals surface area contributed by atoms with Gasteiger partial charge in [0.1, 0.15) is 0 Å². The van der Waals surface area contributed by atoms with Crippen LogP contribution in [0.15, 0.2) is 23.1 Å². The summed E-state index contributed by atoms with van der Waals surface area (Å²) >= 11 is 0. The van der Waals surface area contributed by atoms with E-state index >= 15 is 0 Å². The van der Waals surface area contributed by atoms with Crippen LogP contribution in [0.1, 0.15) is 43.6 Å². The number of hydrogen-bond donors (Lipinski definition) is 2. The summed E-state index contributed by atoms with van der Waals surface area (Å²) in [6.07, 6.45) is 0. The van der Waals surface area contributed by atoms with Gasteiger partial charge in [0, 0.05) is 6.04 Å². The number of nitrogens with one attached hydrogen (secondary N) is 1. The lowest BCUT2D eigenvalue weighted by atomic mass is 10.0. The highest BCUT2D eigenvalue weighted by Gasteiger charge is 2.66. The lowest BCUT2D eigenvalue weighted by Crippen LogP contribution is -2.30. The number of hydrogen-bond acceptors (Lipinski definition) is 3. The molecule has 0 bridgehead atoms. The molecule has 0 spiro atoms. The van der Waals surface area contributed by atoms with E-state index < -0.39 is 16.0 Å². The second-order valence-electron chi connectivity index (χ2n) is 6.78. The molecule has 0 aromatic heterocycles. The molecule has 2 N–H and O–H groups in total. The van der Waals surface area contributed by atoms with Crippen molar-refractivity contribution in [2.45, 2.75) is 45.6 Å². The van der Waals surface area contributed by atoms with Crippen molar-refractivity contribution in [1.29, 1.82) is 0 Å². The molecular formula is C15H21NO4S. The smallest absolute Gasteiger partial charge is 0.335 e. The van der Waals surface area contributed by atoms with Gasteiger partial charge in [-0.2, -0.15) is 0 Å². The topological polar surface area (TPSA) is 83.5 Å². The SMILES string of the molecule is Cc1ccc(C(=O)O)cc1S(=O)(=O)NC1C(C)(C)C1(C)C. The van der Waals surface area contributed by atoms with Gasteiger partial charge >= 0.3 is 5.97 Å². The number of carboxylic acids is 1. The zero-order valence-corrected chi connectivity index (χ0v) is 13.7. The van der Waals surface area contributed by atoms with Gasteiger partial charge in [-0.15, -0.1) is 0 Å². The van der Waals surface area contributed by atoms with Gasteiger partial charge < -0.3 is 5.11 Å². The molecule has 6 heteroatoms. The second kappa shape index (κ2) is 4.55. The highest BCUT2D eigenvalue weighted by atomic mass is 32.2. The Balaban J connectivity index is 2.38. The predicted octanol–water partition coefficient (Wildman–Crippen LogP) is 2.41. The van der Waals surface area contributed by atoms with Gasteiger partial charge in [0.25, 0.3) is 0 Å². The van der Waals surface area contributed by atoms with Crippen LogP contribution in [0.3, 0.4) is 0 Å². The van der Waals surface area contributed by atoms with Crippen LogP contribution in [0, 0.1) is 17.8 Å². The summed E-state index contributed by atoms with van der Waals surface area (Å²) in [4.78, 5) is 11.0. The first-order valence-electron chi connectivity index (χ1n) is 6.77. The van der Waals surface area contributed by atoms with Crippen LogP contribution in [-0.4, -0.2) is 25.5 Å². The van der Waals surface area contributed by atoms with Crippen LogP contribution < -0.4 is 4.72 Å². The third-order valence-corrected chi connectivity index (χ3v) is 6.58. The van der Waals surface area contributed by atoms with Gasteiger partial charge in [-0.3, -0.25) is 0 Å². The zero-order valence-electron chi connectivity index (χ0n) is 12.9. The fourth-order valence-corrected chi connectivity index (χ4v) is 4.53. The maximum absolute atomic E-state index is 12.5. The van der Waals surface area contributed by atoms with Gasteiger partial charge in [0.2, 0.25) is 10.0 Å². The minimum atomic E-state index is -3.74. The van der Waals surface area contributed by atoms with Crippen LogP contribution in [-0.2, 0) is 10.0 Å². The number of carboxylic acid groups (broad SMARTS) is 1. The van der Waals surface area contributed by atoms with E-state index in [0.29, 0.717) is 5.56 Å². The average Bonchev–Trinajstić information content (AvgIpc) is 2.71. The molecular weight excluding hydrogens is 290 g/mol. The third-order valence-electron chi connectivity index (χ3n) is 5.02. The van der Waals surface area contributed by atoms with E-state index in [4.69, 9.17) is 5.11 Å². The van der Waals surface area contributed by atoms with Crippen molar-refractivity contribution >= 4 is 16.0 Å². The van der Waals surface area contributed by atoms with Crippen LogP contribution in [0.2, 0.25) is 0 Å². The van der Waals surface area contributed by atoms with Gasteiger partial charge in [-0.05, 0) is 35.4 Å². The van der Waals surface area contributed by atoms with Crippen molar-refractivity contribution in [2.24, 2.45) is 10.8 Å². The zero-order chi connectivity index (χ0) is 16.2. The fraction of sp³-hybridized carbons (Fsp3) is 0.533. The summed E-state index contributed by atoms with van der Waals surface area (Å²) < 4.78 is 27.8. The molecule has 2 rings (SSSR count). The van der Waals surface area contributed by atoms with E-state index in [1.807, 2.05) is 27.7 Å². The largest absolute Gasteiger partial charge is 0.478 e. The number of benzene rings is 1. The van der Waals surface area contributed by atoms with E-state index in [9.17, 15) is 13.2 Å². The average molecular weight is 311 g/mol. The third kappa shape index (κ3) is 2.46. The number of aryl methyl sites for hydroxylation is 1. The first-order chi connectivity index (χ1) is 9.41. The minimum Gasteiger partial charge on any atom is -0.478 e. The van der Waals surface area contributed by atoms with E-state index in [0.717, 1.165) is 0 Å². The Morgan fingerprint density at radius 1 is 1.19 bits per heavy atom. The molecule has 0 atom stereocenters. The van der Waals surface area contributed by atoms with Gasteiger partial charge in [-0.1, -0.05) is 33.8 Å². The molecule has 116 valence electrons. The molecule has 0 aliphatic heterocycles. The van der Waals surface area contributed by atoms with Crippen molar-refractivity contribution < 1.29 is 18.3 Å². The van der Waals surface area contributed by atoms with Gasteiger partial charge in [0.05, 0.1) is 10.5 Å². The van der Waals surface area contributed by atoms with Crippen molar-refractivity contribution in [1.82, 2.24) is 4.72 Å². The summed E-state index contributed by atoms with van der Waals surface area (Å²) in [5, 5.41) is 9.01. The van der Waals surface area contributed by atoms with Crippen molar-refractivity contribution in [3.63, 3.8) is 0 Å². The maximum atomic E-state index is 12.5. The van der Waals surface area contributed by atoms with Gasteiger partial charge in [0.15, 0.2) is 0 Å². The molecule has 1 aliphatic carbocycles. The Morgan fingerprint density at radius 2 is 1.71 bits per heavy atom. The first kappa shape index (κ1) is 16.0. The highest BCUT2D eigenvalue weighted by molar-refractivity contribution is 7.89. The summed E-state index contributed by atoms with van der Waals surface area (Å²) in [7, 11) is -3.74. The lowest BCUT2D eigenvalue weighted by molar-refractivity contribution is 0.0696. The molecule has 1 aromatic carbocycles. The maximum Gasteiger partial charge on any atom is 0.335 e. The molecule has 21 heavy (non-hydrogen) atoms. The molecule has 1 aromatic rings. The Hall–Kier alpha value is -1.40. The summed E-state index contributed by atoms with van der Waals surface area (Å²) in [5.41, 5.74) is 0.246. The Morgan fingerprint density at radius 3 is 2.14 bits per heavy atom. The summed E-state index contributed by atoms with van der Waals surface area (Å²) in [6, 6.07) is 3.97.